The van der Waals surface area contributed by atoms with Crippen LogP contribution in [0.5, 0.6) is 0 Å². The van der Waals surface area contributed by atoms with Crippen LogP contribution in [0.3, 0.4) is 0 Å². The summed E-state index contributed by atoms with van der Waals surface area (Å²) in [5, 5.41) is 6.90. The number of nitrogens with zero attached hydrogens (tertiary/aromatic N) is 1. The maximum atomic E-state index is 14.0. The molecule has 1 amide bonds. The summed E-state index contributed by atoms with van der Waals surface area (Å²) in [5.74, 6) is 1.49. The molecule has 3 heterocycles. The summed E-state index contributed by atoms with van der Waals surface area (Å²) in [6.07, 6.45) is 1.77. The molecule has 34 heavy (non-hydrogen) atoms. The Morgan fingerprint density at radius 2 is 1.71 bits per heavy atom. The average Bonchev–Trinajstić information content (AvgIpc) is 3.13. The molecule has 0 aromatic heterocycles. The van der Waals surface area contributed by atoms with E-state index in [0.29, 0.717) is 18.4 Å². The average molecular weight is 460 g/mol. The zero-order valence-electron chi connectivity index (χ0n) is 20.5. The first-order chi connectivity index (χ1) is 16.4. The second-order valence-electron chi connectivity index (χ2n) is 11.1. The van der Waals surface area contributed by atoms with Gasteiger partial charge in [-0.3, -0.25) is 19.8 Å². The predicted molar refractivity (Wildman–Crippen MR) is 134 cm³/mol. The smallest absolute Gasteiger partial charge is 0.240 e. The molecule has 2 aromatic rings. The van der Waals surface area contributed by atoms with E-state index in [4.69, 9.17) is 0 Å². The summed E-state index contributed by atoms with van der Waals surface area (Å²) in [4.78, 5) is 29.4. The third-order valence-corrected chi connectivity index (χ3v) is 8.35. The fourth-order valence-corrected chi connectivity index (χ4v) is 7.13. The molecule has 2 N–H and O–H groups in total. The number of amides is 1. The SMILES string of the molecule is CC(=O)C1N[C@@]2(C(=O)NCc3ccccc3)C[C@@H]3CN(Cc4ccccc4)[C@H]([C@H]13)[C@H]2CC(C)C. The number of benzene rings is 2. The van der Waals surface area contributed by atoms with E-state index >= 15 is 0 Å². The van der Waals surface area contributed by atoms with Gasteiger partial charge in [0.1, 0.15) is 11.3 Å². The molecule has 3 saturated heterocycles. The Kier molecular flexibility index (Phi) is 6.34. The first kappa shape index (κ1) is 23.3. The number of rotatable bonds is 8. The Balaban J connectivity index is 1.48. The highest BCUT2D eigenvalue weighted by Crippen LogP contribution is 2.56. The fraction of sp³-hybridized carbons (Fsp3) is 0.517. The molecule has 1 saturated carbocycles. The van der Waals surface area contributed by atoms with Crippen molar-refractivity contribution in [1.82, 2.24) is 15.5 Å². The first-order valence-corrected chi connectivity index (χ1v) is 12.8. The summed E-state index contributed by atoms with van der Waals surface area (Å²) >= 11 is 0. The molecular weight excluding hydrogens is 422 g/mol. The number of nitrogens with one attached hydrogen (secondary N) is 2. The molecule has 1 unspecified atom stereocenters. The largest absolute Gasteiger partial charge is 0.350 e. The minimum Gasteiger partial charge on any atom is -0.350 e. The molecule has 3 aliphatic heterocycles. The molecule has 2 aromatic carbocycles. The van der Waals surface area contributed by atoms with Gasteiger partial charge in [0.15, 0.2) is 0 Å². The van der Waals surface area contributed by atoms with Crippen molar-refractivity contribution < 1.29 is 9.59 Å². The van der Waals surface area contributed by atoms with Gasteiger partial charge in [-0.1, -0.05) is 74.5 Å². The van der Waals surface area contributed by atoms with Crippen LogP contribution in [0.1, 0.15) is 44.7 Å². The minimum absolute atomic E-state index is 0.0583. The van der Waals surface area contributed by atoms with Gasteiger partial charge in [-0.05, 0) is 42.7 Å². The van der Waals surface area contributed by atoms with Crippen molar-refractivity contribution in [3.63, 3.8) is 0 Å². The van der Waals surface area contributed by atoms with Crippen LogP contribution < -0.4 is 10.6 Å². The first-order valence-electron chi connectivity index (χ1n) is 12.8. The van der Waals surface area contributed by atoms with Gasteiger partial charge in [-0.2, -0.15) is 0 Å². The number of hydrogen-bond donors (Lipinski definition) is 2. The summed E-state index contributed by atoms with van der Waals surface area (Å²) in [6.45, 7) is 8.51. The summed E-state index contributed by atoms with van der Waals surface area (Å²) in [5.41, 5.74) is 1.68. The van der Waals surface area contributed by atoms with Crippen molar-refractivity contribution in [2.24, 2.45) is 23.7 Å². The van der Waals surface area contributed by atoms with Crippen LogP contribution in [-0.4, -0.2) is 40.8 Å². The Bertz CT molecular complexity index is 1020. The molecule has 0 radical (unpaired) electrons. The van der Waals surface area contributed by atoms with E-state index in [1.165, 1.54) is 5.56 Å². The second-order valence-corrected chi connectivity index (χ2v) is 11.1. The third-order valence-electron chi connectivity index (χ3n) is 8.35. The predicted octanol–water partition coefficient (Wildman–Crippen LogP) is 3.79. The van der Waals surface area contributed by atoms with Crippen molar-refractivity contribution in [1.29, 1.82) is 0 Å². The van der Waals surface area contributed by atoms with Gasteiger partial charge in [0, 0.05) is 37.5 Å². The van der Waals surface area contributed by atoms with Gasteiger partial charge in [-0.25, -0.2) is 0 Å². The van der Waals surface area contributed by atoms with Crippen molar-refractivity contribution in [2.75, 3.05) is 6.54 Å². The number of fused-ring (bicyclic) bond motifs is 1. The second kappa shape index (κ2) is 9.27. The zero-order valence-corrected chi connectivity index (χ0v) is 20.5. The van der Waals surface area contributed by atoms with Crippen molar-refractivity contribution in [2.45, 2.75) is 64.3 Å². The van der Waals surface area contributed by atoms with Crippen molar-refractivity contribution in [3.8, 4) is 0 Å². The lowest BCUT2D eigenvalue weighted by Gasteiger charge is -2.59. The Morgan fingerprint density at radius 1 is 1.06 bits per heavy atom. The number of hydrogen-bond acceptors (Lipinski definition) is 4. The normalized spacial score (nSPS) is 32.2. The number of piperidine rings is 2. The minimum atomic E-state index is -0.703. The number of likely N-dealkylation sites (tertiary alicyclic amines) is 1. The monoisotopic (exact) mass is 459 g/mol. The highest BCUT2D eigenvalue weighted by Gasteiger charge is 2.68. The van der Waals surface area contributed by atoms with E-state index in [0.717, 1.165) is 31.5 Å². The zero-order chi connectivity index (χ0) is 23.9. The van der Waals surface area contributed by atoms with Crippen molar-refractivity contribution >= 4 is 11.7 Å². The van der Waals surface area contributed by atoms with Gasteiger partial charge in [-0.15, -0.1) is 0 Å². The summed E-state index contributed by atoms with van der Waals surface area (Å²) < 4.78 is 0. The maximum absolute atomic E-state index is 14.0. The Hall–Kier alpha value is -2.50. The number of ketones is 1. The summed E-state index contributed by atoms with van der Waals surface area (Å²) in [6, 6.07) is 20.6. The van der Waals surface area contributed by atoms with Crippen molar-refractivity contribution in [3.05, 3.63) is 71.8 Å². The Morgan fingerprint density at radius 3 is 2.32 bits per heavy atom. The molecule has 5 nitrogen and oxygen atoms in total. The van der Waals surface area contributed by atoms with Gasteiger partial charge in [0.05, 0.1) is 6.04 Å². The molecule has 4 bridgehead atoms. The van der Waals surface area contributed by atoms with Crippen LogP contribution in [0.25, 0.3) is 0 Å². The quantitative estimate of drug-likeness (QED) is 0.631. The topological polar surface area (TPSA) is 61.4 Å². The van der Waals surface area contributed by atoms with Crippen LogP contribution in [0.2, 0.25) is 0 Å². The molecule has 4 fully saturated rings. The number of Topliss-reactive ketones (excluding diaryl/α,β-unsaturated/α-hetero) is 1. The molecule has 4 aliphatic rings. The highest BCUT2D eigenvalue weighted by atomic mass is 16.2. The van der Waals surface area contributed by atoms with E-state index in [9.17, 15) is 9.59 Å². The lowest BCUT2D eigenvalue weighted by molar-refractivity contribution is -0.147. The van der Waals surface area contributed by atoms with Crippen LogP contribution >= 0.6 is 0 Å². The molecule has 6 rings (SSSR count). The molecule has 6 atom stereocenters. The number of carbonyl (C=O) groups excluding carboxylic acids is 2. The van der Waals surface area contributed by atoms with Crippen LogP contribution in [0, 0.1) is 23.7 Å². The van der Waals surface area contributed by atoms with E-state index in [-0.39, 0.29) is 35.6 Å². The third kappa shape index (κ3) is 4.09. The lowest BCUT2D eigenvalue weighted by Crippen LogP contribution is -2.78. The Labute approximate surface area is 203 Å². The van der Waals surface area contributed by atoms with Crippen LogP contribution in [0.4, 0.5) is 0 Å². The molecule has 180 valence electrons. The highest BCUT2D eigenvalue weighted by molar-refractivity contribution is 5.90. The van der Waals surface area contributed by atoms with Gasteiger partial charge >= 0.3 is 0 Å². The fourth-order valence-electron chi connectivity index (χ4n) is 7.13. The lowest BCUT2D eigenvalue weighted by atomic mass is 9.55. The van der Waals surface area contributed by atoms with Crippen LogP contribution in [-0.2, 0) is 22.7 Å². The summed E-state index contributed by atoms with van der Waals surface area (Å²) in [7, 11) is 0. The van der Waals surface area contributed by atoms with E-state index in [2.05, 4.69) is 59.7 Å². The molecule has 0 spiro atoms. The maximum Gasteiger partial charge on any atom is 0.240 e. The molecule has 1 aliphatic carbocycles. The number of carbonyl (C=O) groups is 2. The standard InChI is InChI=1S/C29H37N3O2/c1-19(2)14-24-27-25-23(18-32(27)17-22-12-8-5-9-13-22)15-29(24,31-26(25)20(3)33)28(34)30-16-21-10-6-4-7-11-21/h4-13,19,23-27,31H,14-18H2,1-3H3,(H,30,34)/t23-,24-,25+,26?,27+,29+/m1/s1. The van der Waals surface area contributed by atoms with E-state index < -0.39 is 5.54 Å². The van der Waals surface area contributed by atoms with Crippen LogP contribution in [0.15, 0.2) is 60.7 Å². The van der Waals surface area contributed by atoms with Gasteiger partial charge < -0.3 is 5.32 Å². The van der Waals surface area contributed by atoms with E-state index in [1.54, 1.807) is 6.92 Å². The van der Waals surface area contributed by atoms with E-state index in [1.807, 2.05) is 30.3 Å². The molecular formula is C29H37N3O2. The molecule has 5 heteroatoms. The van der Waals surface area contributed by atoms with Gasteiger partial charge in [0.2, 0.25) is 5.91 Å². The van der Waals surface area contributed by atoms with Gasteiger partial charge in [0.25, 0.3) is 0 Å².